The van der Waals surface area contributed by atoms with Gasteiger partial charge in [-0.05, 0) is 37.8 Å². The number of amides is 1. The van der Waals surface area contributed by atoms with Crippen LogP contribution in [0.25, 0.3) is 0 Å². The lowest BCUT2D eigenvalue weighted by atomic mass is 10.2. The van der Waals surface area contributed by atoms with Crippen molar-refractivity contribution in [2.75, 3.05) is 19.8 Å². The van der Waals surface area contributed by atoms with Crippen molar-refractivity contribution in [3.05, 3.63) is 30.3 Å². The Morgan fingerprint density at radius 1 is 1.25 bits per heavy atom. The molecule has 3 rings (SSSR count). The molecule has 2 saturated heterocycles. The summed E-state index contributed by atoms with van der Waals surface area (Å²) in [5.41, 5.74) is 0. The third-order valence-electron chi connectivity index (χ3n) is 4.05. The molecule has 0 N–H and O–H groups in total. The Hall–Kier alpha value is -1.55. The first kappa shape index (κ1) is 13.4. The summed E-state index contributed by atoms with van der Waals surface area (Å²) in [6, 6.07) is 9.96. The van der Waals surface area contributed by atoms with Crippen LogP contribution in [-0.2, 0) is 9.53 Å². The van der Waals surface area contributed by atoms with Crippen LogP contribution in [0.3, 0.4) is 0 Å². The molecule has 0 unspecified atom stereocenters. The molecule has 0 aliphatic carbocycles. The van der Waals surface area contributed by atoms with Gasteiger partial charge in [-0.1, -0.05) is 18.2 Å². The van der Waals surface area contributed by atoms with Gasteiger partial charge >= 0.3 is 0 Å². The molecule has 108 valence electrons. The van der Waals surface area contributed by atoms with Gasteiger partial charge in [0, 0.05) is 13.2 Å². The minimum absolute atomic E-state index is 0.154. The second-order valence-corrected chi connectivity index (χ2v) is 5.45. The highest BCUT2D eigenvalue weighted by Gasteiger charge is 2.35. The number of benzene rings is 1. The van der Waals surface area contributed by atoms with Crippen LogP contribution in [0.5, 0.6) is 5.75 Å². The van der Waals surface area contributed by atoms with Crippen LogP contribution in [0.4, 0.5) is 0 Å². The lowest BCUT2D eigenvalue weighted by molar-refractivity contribution is -0.142. The van der Waals surface area contributed by atoms with E-state index >= 15 is 0 Å². The summed E-state index contributed by atoms with van der Waals surface area (Å²) in [6.07, 6.45) is 3.72. The van der Waals surface area contributed by atoms with Crippen molar-refractivity contribution in [1.29, 1.82) is 0 Å². The summed E-state index contributed by atoms with van der Waals surface area (Å²) in [7, 11) is 0. The fraction of sp³-hybridized carbons (Fsp3) is 0.562. The lowest BCUT2D eigenvalue weighted by Crippen LogP contribution is -2.44. The molecule has 0 radical (unpaired) electrons. The summed E-state index contributed by atoms with van der Waals surface area (Å²) >= 11 is 0. The van der Waals surface area contributed by atoms with Crippen LogP contribution in [0.2, 0.25) is 0 Å². The van der Waals surface area contributed by atoms with Gasteiger partial charge in [-0.15, -0.1) is 0 Å². The summed E-state index contributed by atoms with van der Waals surface area (Å²) in [4.78, 5) is 14.4. The van der Waals surface area contributed by atoms with Gasteiger partial charge in [-0.3, -0.25) is 4.79 Å². The molecule has 0 saturated carbocycles. The van der Waals surface area contributed by atoms with Crippen LogP contribution < -0.4 is 4.74 Å². The minimum atomic E-state index is -0.215. The van der Waals surface area contributed by atoms with Gasteiger partial charge in [0.25, 0.3) is 5.91 Å². The molecule has 0 bridgehead atoms. The zero-order valence-corrected chi connectivity index (χ0v) is 11.7. The molecule has 1 aromatic carbocycles. The van der Waals surface area contributed by atoms with Gasteiger partial charge in [0.2, 0.25) is 0 Å². The van der Waals surface area contributed by atoms with Crippen molar-refractivity contribution in [1.82, 2.24) is 4.90 Å². The van der Waals surface area contributed by atoms with E-state index in [4.69, 9.17) is 9.47 Å². The Labute approximate surface area is 119 Å². The predicted molar refractivity (Wildman–Crippen MR) is 75.6 cm³/mol. The Balaban J connectivity index is 1.56. The third-order valence-corrected chi connectivity index (χ3v) is 4.05. The van der Waals surface area contributed by atoms with Crippen molar-refractivity contribution in [2.45, 2.75) is 37.8 Å². The van der Waals surface area contributed by atoms with E-state index in [0.717, 1.165) is 44.6 Å². The average Bonchev–Trinajstić information content (AvgIpc) is 3.17. The van der Waals surface area contributed by atoms with E-state index in [1.54, 1.807) is 0 Å². The smallest absolute Gasteiger partial charge is 0.252 e. The molecule has 2 atom stereocenters. The van der Waals surface area contributed by atoms with E-state index in [9.17, 15) is 4.79 Å². The van der Waals surface area contributed by atoms with Crippen molar-refractivity contribution in [3.8, 4) is 5.75 Å². The number of hydrogen-bond acceptors (Lipinski definition) is 3. The first-order chi connectivity index (χ1) is 9.84. The summed E-state index contributed by atoms with van der Waals surface area (Å²) in [6.45, 7) is 2.12. The molecule has 1 aromatic rings. The van der Waals surface area contributed by atoms with Crippen molar-refractivity contribution < 1.29 is 14.3 Å². The maximum atomic E-state index is 12.4. The zero-order chi connectivity index (χ0) is 13.8. The van der Waals surface area contributed by atoms with Crippen molar-refractivity contribution >= 4 is 5.91 Å². The number of likely N-dealkylation sites (tertiary alicyclic amines) is 1. The van der Waals surface area contributed by atoms with E-state index in [-0.39, 0.29) is 18.1 Å². The van der Waals surface area contributed by atoms with Crippen LogP contribution in [-0.4, -0.2) is 42.7 Å². The standard InChI is InChI=1S/C16H21NO3/c18-16(15-9-5-11-19-15)17-10-4-6-13(17)12-20-14-7-2-1-3-8-14/h1-3,7-8,13,15H,4-6,9-12H2/t13-,15+/m1/s1. The Bertz CT molecular complexity index is 442. The molecule has 2 aliphatic rings. The Morgan fingerprint density at radius 3 is 2.85 bits per heavy atom. The van der Waals surface area contributed by atoms with Gasteiger partial charge in [0.05, 0.1) is 6.04 Å². The first-order valence-corrected chi connectivity index (χ1v) is 7.44. The second-order valence-electron chi connectivity index (χ2n) is 5.45. The number of ether oxygens (including phenoxy) is 2. The third kappa shape index (κ3) is 2.96. The number of nitrogens with zero attached hydrogens (tertiary/aromatic N) is 1. The van der Waals surface area contributed by atoms with Crippen molar-refractivity contribution in [3.63, 3.8) is 0 Å². The summed E-state index contributed by atoms with van der Waals surface area (Å²) in [5.74, 6) is 1.02. The van der Waals surface area contributed by atoms with E-state index in [2.05, 4.69) is 0 Å². The molecule has 1 amide bonds. The number of carbonyl (C=O) groups excluding carboxylic acids is 1. The molecule has 2 fully saturated rings. The highest BCUT2D eigenvalue weighted by atomic mass is 16.5. The number of hydrogen-bond donors (Lipinski definition) is 0. The topological polar surface area (TPSA) is 38.8 Å². The molecule has 4 heteroatoms. The van der Waals surface area contributed by atoms with Crippen LogP contribution in [0.1, 0.15) is 25.7 Å². The van der Waals surface area contributed by atoms with Crippen molar-refractivity contribution in [2.24, 2.45) is 0 Å². The van der Waals surface area contributed by atoms with Gasteiger partial charge in [0.15, 0.2) is 0 Å². The maximum absolute atomic E-state index is 12.4. The van der Waals surface area contributed by atoms with Crippen LogP contribution >= 0.6 is 0 Å². The highest BCUT2D eigenvalue weighted by molar-refractivity contribution is 5.81. The van der Waals surface area contributed by atoms with Gasteiger partial charge in [0.1, 0.15) is 18.5 Å². The molecule has 20 heavy (non-hydrogen) atoms. The largest absolute Gasteiger partial charge is 0.491 e. The first-order valence-electron chi connectivity index (χ1n) is 7.44. The zero-order valence-electron chi connectivity index (χ0n) is 11.7. The van der Waals surface area contributed by atoms with Crippen LogP contribution in [0, 0.1) is 0 Å². The minimum Gasteiger partial charge on any atom is -0.491 e. The molecule has 2 aliphatic heterocycles. The van der Waals surface area contributed by atoms with E-state index in [1.807, 2.05) is 35.2 Å². The van der Waals surface area contributed by atoms with Gasteiger partial charge in [-0.25, -0.2) is 0 Å². The van der Waals surface area contributed by atoms with E-state index in [0.29, 0.717) is 6.61 Å². The monoisotopic (exact) mass is 275 g/mol. The van der Waals surface area contributed by atoms with E-state index in [1.165, 1.54) is 0 Å². The fourth-order valence-corrected chi connectivity index (χ4v) is 2.97. The molecule has 4 nitrogen and oxygen atoms in total. The number of para-hydroxylation sites is 1. The van der Waals surface area contributed by atoms with E-state index < -0.39 is 0 Å². The van der Waals surface area contributed by atoms with Gasteiger partial charge < -0.3 is 14.4 Å². The molecule has 2 heterocycles. The molecule has 0 spiro atoms. The quantitative estimate of drug-likeness (QED) is 0.846. The second kappa shape index (κ2) is 6.27. The highest BCUT2D eigenvalue weighted by Crippen LogP contribution is 2.23. The SMILES string of the molecule is O=C([C@@H]1CCCO1)N1CCC[C@@H]1COc1ccccc1. The Morgan fingerprint density at radius 2 is 2.10 bits per heavy atom. The lowest BCUT2D eigenvalue weighted by Gasteiger charge is -2.27. The molecular formula is C16H21NO3. The average molecular weight is 275 g/mol. The van der Waals surface area contributed by atoms with Crippen LogP contribution in [0.15, 0.2) is 30.3 Å². The Kier molecular flexibility index (Phi) is 4.21. The molecule has 0 aromatic heterocycles. The summed E-state index contributed by atoms with van der Waals surface area (Å²) in [5, 5.41) is 0. The fourth-order valence-electron chi connectivity index (χ4n) is 2.97. The predicted octanol–water partition coefficient (Wildman–Crippen LogP) is 2.24. The summed E-state index contributed by atoms with van der Waals surface area (Å²) < 4.78 is 11.3. The maximum Gasteiger partial charge on any atom is 0.252 e. The van der Waals surface area contributed by atoms with Gasteiger partial charge in [-0.2, -0.15) is 0 Å². The normalized spacial score (nSPS) is 25.9. The number of carbonyl (C=O) groups is 1. The number of rotatable bonds is 4. The molecular weight excluding hydrogens is 254 g/mol.